The van der Waals surface area contributed by atoms with E-state index in [0.717, 1.165) is 22.9 Å². The first-order valence-electron chi connectivity index (χ1n) is 8.32. The van der Waals surface area contributed by atoms with E-state index in [-0.39, 0.29) is 6.09 Å². The van der Waals surface area contributed by atoms with E-state index >= 15 is 0 Å². The Labute approximate surface area is 139 Å². The predicted molar refractivity (Wildman–Crippen MR) is 96.7 cm³/mol. The van der Waals surface area contributed by atoms with Crippen molar-refractivity contribution in [3.05, 3.63) is 30.2 Å². The van der Waals surface area contributed by atoms with Crippen molar-refractivity contribution in [2.24, 2.45) is 0 Å². The summed E-state index contributed by atoms with van der Waals surface area (Å²) in [5.41, 5.74) is 1.73. The zero-order chi connectivity index (χ0) is 17.9. The molecular weight excluding hydrogens is 290 g/mol. The van der Waals surface area contributed by atoms with E-state index in [1.165, 1.54) is 0 Å². The zero-order valence-electron chi connectivity index (χ0n) is 15.5. The van der Waals surface area contributed by atoms with Crippen LogP contribution < -0.4 is 5.32 Å². The van der Waals surface area contributed by atoms with Crippen molar-refractivity contribution in [2.75, 3.05) is 6.54 Å². The van der Waals surface area contributed by atoms with E-state index in [4.69, 9.17) is 4.74 Å². The molecule has 130 valence electrons. The standard InChI is InChI=1S/C14H19N3O2.2C2H6/c1-14(2,3)19-13(18)16-7-4-10-8-17-12-5-6-15-9-11(10)12;2*1-2/h5-6,8-9,17H,4,7H2,1-3H3,(H,16,18);2*1-2H3. The number of hydrogen-bond donors (Lipinski definition) is 2. The number of ether oxygens (including phenoxy) is 1. The molecule has 0 aliphatic rings. The molecule has 23 heavy (non-hydrogen) atoms. The van der Waals surface area contributed by atoms with Gasteiger partial charge in [0.2, 0.25) is 0 Å². The molecule has 2 rings (SSSR count). The lowest BCUT2D eigenvalue weighted by Crippen LogP contribution is -2.33. The largest absolute Gasteiger partial charge is 0.444 e. The van der Waals surface area contributed by atoms with E-state index in [1.54, 1.807) is 6.20 Å². The van der Waals surface area contributed by atoms with Crippen molar-refractivity contribution in [2.45, 2.75) is 60.5 Å². The molecule has 0 fully saturated rings. The van der Waals surface area contributed by atoms with Gasteiger partial charge in [0.25, 0.3) is 0 Å². The highest BCUT2D eigenvalue weighted by atomic mass is 16.6. The Morgan fingerprint density at radius 3 is 2.52 bits per heavy atom. The fourth-order valence-electron chi connectivity index (χ4n) is 1.84. The molecule has 0 unspecified atom stereocenters. The van der Waals surface area contributed by atoms with E-state index in [1.807, 2.05) is 66.9 Å². The minimum Gasteiger partial charge on any atom is -0.444 e. The number of nitrogens with one attached hydrogen (secondary N) is 2. The monoisotopic (exact) mass is 321 g/mol. The van der Waals surface area contributed by atoms with E-state index in [0.29, 0.717) is 6.54 Å². The van der Waals surface area contributed by atoms with Gasteiger partial charge in [0, 0.05) is 36.0 Å². The smallest absolute Gasteiger partial charge is 0.407 e. The van der Waals surface area contributed by atoms with Crippen molar-refractivity contribution in [3.63, 3.8) is 0 Å². The Balaban J connectivity index is 0.00000112. The van der Waals surface area contributed by atoms with Crippen LogP contribution in [0.25, 0.3) is 10.9 Å². The summed E-state index contributed by atoms with van der Waals surface area (Å²) in [5, 5.41) is 3.84. The minimum atomic E-state index is -0.464. The van der Waals surface area contributed by atoms with E-state index in [9.17, 15) is 4.79 Å². The quantitative estimate of drug-likeness (QED) is 0.862. The van der Waals surface area contributed by atoms with Crippen LogP contribution in [0.5, 0.6) is 0 Å². The molecular formula is C18H31N3O2. The summed E-state index contributed by atoms with van der Waals surface area (Å²) >= 11 is 0. The van der Waals surface area contributed by atoms with Gasteiger partial charge >= 0.3 is 6.09 Å². The van der Waals surface area contributed by atoms with Gasteiger partial charge in [-0.25, -0.2) is 4.79 Å². The molecule has 0 spiro atoms. The normalized spacial score (nSPS) is 10.0. The average Bonchev–Trinajstić information content (AvgIpc) is 2.93. The van der Waals surface area contributed by atoms with Gasteiger partial charge in [-0.1, -0.05) is 27.7 Å². The number of aromatic nitrogens is 2. The number of carbonyl (C=O) groups excluding carboxylic acids is 1. The van der Waals surface area contributed by atoms with E-state index < -0.39 is 5.60 Å². The average molecular weight is 321 g/mol. The van der Waals surface area contributed by atoms with Gasteiger partial charge in [-0.3, -0.25) is 4.98 Å². The number of nitrogens with zero attached hydrogens (tertiary/aromatic N) is 1. The number of H-pyrrole nitrogens is 1. The summed E-state index contributed by atoms with van der Waals surface area (Å²) in [7, 11) is 0. The number of pyridine rings is 1. The van der Waals surface area contributed by atoms with Crippen LogP contribution in [0.3, 0.4) is 0 Å². The molecule has 2 aromatic rings. The summed E-state index contributed by atoms with van der Waals surface area (Å²) in [6.45, 7) is 14.1. The molecule has 0 aromatic carbocycles. The second-order valence-electron chi connectivity index (χ2n) is 5.41. The van der Waals surface area contributed by atoms with Gasteiger partial charge in [-0.2, -0.15) is 0 Å². The summed E-state index contributed by atoms with van der Waals surface area (Å²) in [4.78, 5) is 18.8. The van der Waals surface area contributed by atoms with Crippen LogP contribution in [-0.4, -0.2) is 28.2 Å². The van der Waals surface area contributed by atoms with Crippen LogP contribution in [0.4, 0.5) is 4.79 Å². The number of rotatable bonds is 3. The van der Waals surface area contributed by atoms with E-state index in [2.05, 4.69) is 15.3 Å². The number of hydrogen-bond acceptors (Lipinski definition) is 3. The van der Waals surface area contributed by atoms with Crippen LogP contribution in [-0.2, 0) is 11.2 Å². The fourth-order valence-corrected chi connectivity index (χ4v) is 1.84. The molecule has 1 amide bonds. The summed E-state index contributed by atoms with van der Waals surface area (Å²) in [5.74, 6) is 0. The summed E-state index contributed by atoms with van der Waals surface area (Å²) in [6, 6.07) is 1.93. The lowest BCUT2D eigenvalue weighted by molar-refractivity contribution is 0.0528. The van der Waals surface area contributed by atoms with Crippen LogP contribution in [0.1, 0.15) is 54.0 Å². The first kappa shape index (κ1) is 21.0. The molecule has 5 nitrogen and oxygen atoms in total. The van der Waals surface area contributed by atoms with Gasteiger partial charge in [-0.05, 0) is 38.8 Å². The van der Waals surface area contributed by atoms with Crippen LogP contribution >= 0.6 is 0 Å². The molecule has 2 heterocycles. The Morgan fingerprint density at radius 2 is 1.91 bits per heavy atom. The molecule has 0 saturated carbocycles. The molecule has 2 aromatic heterocycles. The van der Waals surface area contributed by atoms with Gasteiger partial charge in [-0.15, -0.1) is 0 Å². The molecule has 5 heteroatoms. The van der Waals surface area contributed by atoms with Crippen molar-refractivity contribution in [1.29, 1.82) is 0 Å². The molecule has 0 radical (unpaired) electrons. The Kier molecular flexibility index (Phi) is 9.70. The Morgan fingerprint density at radius 1 is 1.26 bits per heavy atom. The molecule has 0 saturated heterocycles. The Hall–Kier alpha value is -2.04. The molecule has 0 aliphatic heterocycles. The van der Waals surface area contributed by atoms with Gasteiger partial charge in [0.15, 0.2) is 0 Å². The van der Waals surface area contributed by atoms with Crippen molar-refractivity contribution < 1.29 is 9.53 Å². The van der Waals surface area contributed by atoms with Crippen molar-refractivity contribution in [3.8, 4) is 0 Å². The summed E-state index contributed by atoms with van der Waals surface area (Å²) in [6.07, 6.45) is 5.88. The molecule has 2 N–H and O–H groups in total. The molecule has 0 atom stereocenters. The highest BCUT2D eigenvalue weighted by Crippen LogP contribution is 2.16. The predicted octanol–water partition coefficient (Wildman–Crippen LogP) is 4.68. The van der Waals surface area contributed by atoms with Gasteiger partial charge in [0.05, 0.1) is 0 Å². The number of carbonyl (C=O) groups is 1. The highest BCUT2D eigenvalue weighted by Gasteiger charge is 2.15. The number of amides is 1. The number of alkyl carbamates (subject to hydrolysis) is 1. The third-order valence-electron chi connectivity index (χ3n) is 2.63. The zero-order valence-corrected chi connectivity index (χ0v) is 15.5. The maximum absolute atomic E-state index is 11.5. The van der Waals surface area contributed by atoms with Crippen LogP contribution in [0.2, 0.25) is 0 Å². The van der Waals surface area contributed by atoms with Gasteiger partial charge in [0.1, 0.15) is 5.60 Å². The van der Waals surface area contributed by atoms with Crippen molar-refractivity contribution in [1.82, 2.24) is 15.3 Å². The minimum absolute atomic E-state index is 0.384. The lowest BCUT2D eigenvalue weighted by Gasteiger charge is -2.19. The van der Waals surface area contributed by atoms with Crippen molar-refractivity contribution >= 4 is 17.0 Å². The second-order valence-corrected chi connectivity index (χ2v) is 5.41. The SMILES string of the molecule is CC.CC.CC(C)(C)OC(=O)NCCc1c[nH]c2ccncc12. The summed E-state index contributed by atoms with van der Waals surface area (Å²) < 4.78 is 5.17. The fraction of sp³-hybridized carbons (Fsp3) is 0.556. The first-order chi connectivity index (χ1) is 11.0. The molecule has 0 bridgehead atoms. The first-order valence-corrected chi connectivity index (χ1v) is 8.32. The Bertz CT molecular complexity index is 571. The topological polar surface area (TPSA) is 67.0 Å². The number of aromatic amines is 1. The third-order valence-corrected chi connectivity index (χ3v) is 2.63. The lowest BCUT2D eigenvalue weighted by atomic mass is 10.1. The third kappa shape index (κ3) is 7.68. The highest BCUT2D eigenvalue weighted by molar-refractivity contribution is 5.82. The maximum Gasteiger partial charge on any atom is 0.407 e. The maximum atomic E-state index is 11.5. The van der Waals surface area contributed by atoms with Crippen LogP contribution in [0, 0.1) is 0 Å². The van der Waals surface area contributed by atoms with Crippen LogP contribution in [0.15, 0.2) is 24.7 Å². The second kappa shape index (κ2) is 10.6. The van der Waals surface area contributed by atoms with Gasteiger partial charge < -0.3 is 15.0 Å². The number of fused-ring (bicyclic) bond motifs is 1. The molecule has 0 aliphatic carbocycles.